The number of hydrogen-bond acceptors (Lipinski definition) is 2. The molecule has 0 amide bonds. The van der Waals surface area contributed by atoms with Crippen LogP contribution < -0.4 is 0 Å². The summed E-state index contributed by atoms with van der Waals surface area (Å²) in [7, 11) is 0. The fourth-order valence-corrected chi connectivity index (χ4v) is 2.07. The highest BCUT2D eigenvalue weighted by Gasteiger charge is 2.02. The molecule has 0 radical (unpaired) electrons. The van der Waals surface area contributed by atoms with Gasteiger partial charge in [0.15, 0.2) is 0 Å². The molecule has 1 heterocycles. The summed E-state index contributed by atoms with van der Waals surface area (Å²) in [6.07, 6.45) is 2.94. The van der Waals surface area contributed by atoms with Crippen molar-refractivity contribution in [1.82, 2.24) is 4.98 Å². The molecule has 1 rings (SSSR count). The Balaban J connectivity index is 2.58. The predicted octanol–water partition coefficient (Wildman–Crippen LogP) is 3.08. The Morgan fingerprint density at radius 3 is 2.82 bits per heavy atom. The summed E-state index contributed by atoms with van der Waals surface area (Å²) < 4.78 is 0. The molecule has 1 aromatic heterocycles. The maximum atomic E-state index is 5.65. The molecule has 0 bridgehead atoms. The molecule has 0 unspecified atom stereocenters. The lowest BCUT2D eigenvalue weighted by atomic mass is 10.1. The second-order valence-electron chi connectivity index (χ2n) is 2.95. The van der Waals surface area contributed by atoms with Gasteiger partial charge in [-0.1, -0.05) is 13.8 Å². The fraction of sp³-hybridized carbons (Fsp3) is 0.625. The fourth-order valence-electron chi connectivity index (χ4n) is 0.853. The minimum absolute atomic E-state index is 0.593. The smallest absolute Gasteiger partial charge is 0.0930 e. The molecule has 0 aliphatic heterocycles. The van der Waals surface area contributed by atoms with Gasteiger partial charge in [-0.3, -0.25) is 0 Å². The molecule has 3 heteroatoms. The lowest BCUT2D eigenvalue weighted by molar-refractivity contribution is 0.644. The molecule has 1 nitrogen and oxygen atoms in total. The van der Waals surface area contributed by atoms with Crippen LogP contribution in [0.15, 0.2) is 6.20 Å². The molecule has 0 aliphatic carbocycles. The molecule has 0 aromatic carbocycles. The third-order valence-corrected chi connectivity index (χ3v) is 2.78. The number of hydrogen-bond donors (Lipinski definition) is 0. The van der Waals surface area contributed by atoms with Crippen molar-refractivity contribution >= 4 is 22.9 Å². The van der Waals surface area contributed by atoms with Gasteiger partial charge in [0.2, 0.25) is 0 Å². The van der Waals surface area contributed by atoms with E-state index in [-0.39, 0.29) is 0 Å². The zero-order chi connectivity index (χ0) is 8.27. The van der Waals surface area contributed by atoms with E-state index in [9.17, 15) is 0 Å². The van der Waals surface area contributed by atoms with Crippen LogP contribution in [-0.2, 0) is 12.3 Å². The first-order valence-corrected chi connectivity index (χ1v) is 5.07. The zero-order valence-electron chi connectivity index (χ0n) is 6.80. The van der Waals surface area contributed by atoms with Crippen LogP contribution in [0, 0.1) is 5.92 Å². The van der Waals surface area contributed by atoms with Gasteiger partial charge >= 0.3 is 0 Å². The highest BCUT2D eigenvalue weighted by atomic mass is 35.5. The van der Waals surface area contributed by atoms with Gasteiger partial charge in [-0.15, -0.1) is 22.9 Å². The topological polar surface area (TPSA) is 12.9 Å². The quantitative estimate of drug-likeness (QED) is 0.666. The first-order chi connectivity index (χ1) is 5.22. The first kappa shape index (κ1) is 9.01. The number of aromatic nitrogens is 1. The van der Waals surface area contributed by atoms with E-state index in [0.717, 1.165) is 6.42 Å². The van der Waals surface area contributed by atoms with Crippen LogP contribution in [0.25, 0.3) is 0 Å². The van der Waals surface area contributed by atoms with Crippen LogP contribution in [0.5, 0.6) is 0 Å². The summed E-state index contributed by atoms with van der Waals surface area (Å²) in [6, 6.07) is 0. The molecule has 0 spiro atoms. The van der Waals surface area contributed by atoms with E-state index in [4.69, 9.17) is 11.6 Å². The predicted molar refractivity (Wildman–Crippen MR) is 50.2 cm³/mol. The molecule has 0 saturated carbocycles. The lowest BCUT2D eigenvalue weighted by Crippen LogP contribution is -1.91. The Labute approximate surface area is 76.4 Å². The average molecular weight is 190 g/mol. The third kappa shape index (κ3) is 2.80. The number of halogens is 1. The summed E-state index contributed by atoms with van der Waals surface area (Å²) in [4.78, 5) is 5.43. The van der Waals surface area contributed by atoms with E-state index >= 15 is 0 Å². The van der Waals surface area contributed by atoms with Gasteiger partial charge in [-0.2, -0.15) is 0 Å². The summed E-state index contributed by atoms with van der Waals surface area (Å²) >= 11 is 7.37. The number of thiazole rings is 1. The minimum atomic E-state index is 0.593. The Morgan fingerprint density at radius 1 is 1.64 bits per heavy atom. The highest BCUT2D eigenvalue weighted by molar-refractivity contribution is 7.11. The maximum Gasteiger partial charge on any atom is 0.0930 e. The number of nitrogens with zero attached hydrogens (tertiary/aromatic N) is 1. The van der Waals surface area contributed by atoms with Crippen molar-refractivity contribution in [2.24, 2.45) is 5.92 Å². The van der Waals surface area contributed by atoms with E-state index in [1.807, 2.05) is 6.20 Å². The second kappa shape index (κ2) is 4.07. The third-order valence-electron chi connectivity index (χ3n) is 1.32. The molecule has 0 N–H and O–H groups in total. The van der Waals surface area contributed by atoms with Crippen molar-refractivity contribution < 1.29 is 0 Å². The molecule has 0 fully saturated rings. The first-order valence-electron chi connectivity index (χ1n) is 3.72. The van der Waals surface area contributed by atoms with E-state index < -0.39 is 0 Å². The standard InChI is InChI=1S/C8H12ClNS/c1-6(2)3-8-10-5-7(4-9)11-8/h5-6H,3-4H2,1-2H3. The Kier molecular flexibility index (Phi) is 3.34. The van der Waals surface area contributed by atoms with E-state index in [1.54, 1.807) is 11.3 Å². The van der Waals surface area contributed by atoms with Crippen molar-refractivity contribution in [1.29, 1.82) is 0 Å². The lowest BCUT2D eigenvalue weighted by Gasteiger charge is -1.97. The molecule has 62 valence electrons. The Morgan fingerprint density at radius 2 is 2.36 bits per heavy atom. The monoisotopic (exact) mass is 189 g/mol. The van der Waals surface area contributed by atoms with E-state index in [0.29, 0.717) is 11.8 Å². The van der Waals surface area contributed by atoms with Crippen molar-refractivity contribution in [3.63, 3.8) is 0 Å². The largest absolute Gasteiger partial charge is 0.249 e. The van der Waals surface area contributed by atoms with Crippen molar-refractivity contribution in [3.8, 4) is 0 Å². The average Bonchev–Trinajstić information content (AvgIpc) is 2.34. The molecular formula is C8H12ClNS. The number of rotatable bonds is 3. The Bertz CT molecular complexity index is 220. The van der Waals surface area contributed by atoms with Crippen LogP contribution in [0.2, 0.25) is 0 Å². The molecule has 0 atom stereocenters. The maximum absolute atomic E-state index is 5.65. The summed E-state index contributed by atoms with van der Waals surface area (Å²) in [6.45, 7) is 4.39. The normalized spacial score (nSPS) is 10.9. The van der Waals surface area contributed by atoms with Crippen LogP contribution in [0.3, 0.4) is 0 Å². The van der Waals surface area contributed by atoms with Gasteiger partial charge in [0.1, 0.15) is 0 Å². The van der Waals surface area contributed by atoms with E-state index in [1.165, 1.54) is 9.88 Å². The molecule has 0 saturated heterocycles. The van der Waals surface area contributed by atoms with Crippen molar-refractivity contribution in [3.05, 3.63) is 16.1 Å². The van der Waals surface area contributed by atoms with Crippen LogP contribution in [-0.4, -0.2) is 4.98 Å². The minimum Gasteiger partial charge on any atom is -0.249 e. The zero-order valence-corrected chi connectivity index (χ0v) is 8.37. The van der Waals surface area contributed by atoms with Gasteiger partial charge in [-0.25, -0.2) is 4.98 Å². The van der Waals surface area contributed by atoms with Gasteiger partial charge in [0, 0.05) is 17.5 Å². The Hall–Kier alpha value is -0.0800. The highest BCUT2D eigenvalue weighted by Crippen LogP contribution is 2.17. The molecular weight excluding hydrogens is 178 g/mol. The molecule has 1 aromatic rings. The van der Waals surface area contributed by atoms with Crippen molar-refractivity contribution in [2.45, 2.75) is 26.1 Å². The van der Waals surface area contributed by atoms with Gasteiger partial charge in [0.25, 0.3) is 0 Å². The van der Waals surface area contributed by atoms with Gasteiger partial charge in [0.05, 0.1) is 10.9 Å². The van der Waals surface area contributed by atoms with E-state index in [2.05, 4.69) is 18.8 Å². The summed E-state index contributed by atoms with van der Waals surface area (Å²) in [5, 5.41) is 1.20. The second-order valence-corrected chi connectivity index (χ2v) is 4.42. The SMILES string of the molecule is CC(C)Cc1ncc(CCl)s1. The van der Waals surface area contributed by atoms with Gasteiger partial charge in [-0.05, 0) is 5.92 Å². The van der Waals surface area contributed by atoms with Crippen LogP contribution in [0.4, 0.5) is 0 Å². The summed E-state index contributed by atoms with van der Waals surface area (Å²) in [5.41, 5.74) is 0. The van der Waals surface area contributed by atoms with Crippen LogP contribution >= 0.6 is 22.9 Å². The summed E-state index contributed by atoms with van der Waals surface area (Å²) in [5.74, 6) is 1.28. The molecule has 0 aliphatic rings. The molecule has 11 heavy (non-hydrogen) atoms. The van der Waals surface area contributed by atoms with Crippen LogP contribution in [0.1, 0.15) is 23.7 Å². The van der Waals surface area contributed by atoms with Crippen molar-refractivity contribution in [2.75, 3.05) is 0 Å². The van der Waals surface area contributed by atoms with Gasteiger partial charge < -0.3 is 0 Å². The number of alkyl halides is 1.